The summed E-state index contributed by atoms with van der Waals surface area (Å²) in [6, 6.07) is 15.2. The van der Waals surface area contributed by atoms with Gasteiger partial charge in [0.1, 0.15) is 6.04 Å². The van der Waals surface area contributed by atoms with Crippen LogP contribution < -0.4 is 5.32 Å². The first kappa shape index (κ1) is 20.8. The normalized spacial score (nSPS) is 17.5. The molecule has 4 amide bonds. The average molecular weight is 419 g/mol. The van der Waals surface area contributed by atoms with Crippen LogP contribution in [0.25, 0.3) is 0 Å². The van der Waals surface area contributed by atoms with Gasteiger partial charge in [0.15, 0.2) is 0 Å². The van der Waals surface area contributed by atoms with Gasteiger partial charge in [-0.15, -0.1) is 0 Å². The van der Waals surface area contributed by atoms with E-state index in [1.54, 1.807) is 29.2 Å². The summed E-state index contributed by atoms with van der Waals surface area (Å²) in [5.74, 6) is -1.18. The van der Waals surface area contributed by atoms with Gasteiger partial charge in [0.25, 0.3) is 11.8 Å². The molecule has 2 aromatic carbocycles. The fraction of sp³-hybridized carbons (Fsp3) is 0.333. The van der Waals surface area contributed by atoms with Crippen LogP contribution >= 0.6 is 0 Å². The van der Waals surface area contributed by atoms with E-state index in [4.69, 9.17) is 0 Å². The molecule has 0 aliphatic carbocycles. The van der Waals surface area contributed by atoms with Crippen LogP contribution in [0.3, 0.4) is 0 Å². The quantitative estimate of drug-likeness (QED) is 0.752. The summed E-state index contributed by atoms with van der Waals surface area (Å²) in [5.41, 5.74) is 1.55. The number of piperidine rings is 1. The zero-order valence-corrected chi connectivity index (χ0v) is 17.4. The lowest BCUT2D eigenvalue weighted by molar-refractivity contribution is -0.136. The van der Waals surface area contributed by atoms with Crippen molar-refractivity contribution < 1.29 is 19.2 Å². The molecular weight excluding hydrogens is 394 g/mol. The van der Waals surface area contributed by atoms with Crippen LogP contribution in [0.5, 0.6) is 0 Å². The number of carbonyl (C=O) groups is 4. The van der Waals surface area contributed by atoms with Crippen molar-refractivity contribution in [1.82, 2.24) is 15.1 Å². The van der Waals surface area contributed by atoms with Crippen molar-refractivity contribution in [2.24, 2.45) is 0 Å². The van der Waals surface area contributed by atoms with Crippen molar-refractivity contribution >= 4 is 23.6 Å². The molecule has 7 heteroatoms. The zero-order valence-electron chi connectivity index (χ0n) is 17.4. The molecule has 7 nitrogen and oxygen atoms in total. The smallest absolute Gasteiger partial charge is 0.262 e. The minimum absolute atomic E-state index is 0.0356. The van der Waals surface area contributed by atoms with E-state index in [0.717, 1.165) is 10.5 Å². The van der Waals surface area contributed by atoms with Gasteiger partial charge in [-0.3, -0.25) is 24.1 Å². The second-order valence-electron chi connectivity index (χ2n) is 8.03. The number of nitrogens with zero attached hydrogens (tertiary/aromatic N) is 2. The van der Waals surface area contributed by atoms with E-state index in [1.165, 1.54) is 6.92 Å². The number of amides is 4. The number of fused-ring (bicyclic) bond motifs is 1. The highest BCUT2D eigenvalue weighted by atomic mass is 16.2. The van der Waals surface area contributed by atoms with Crippen LogP contribution in [0.4, 0.5) is 0 Å². The van der Waals surface area contributed by atoms with E-state index >= 15 is 0 Å². The van der Waals surface area contributed by atoms with Gasteiger partial charge in [-0.2, -0.15) is 0 Å². The molecule has 1 unspecified atom stereocenters. The minimum Gasteiger partial charge on any atom is -0.353 e. The molecule has 0 aromatic heterocycles. The Labute approximate surface area is 181 Å². The standard InChI is InChI=1S/C24H25N3O4/c1-16(28)25-18-11-13-26(14-12-18)24(31)21(15-17-7-3-2-4-8-17)27-22(29)19-9-5-6-10-20(19)23(27)30/h2-10,18,21H,11-15H2,1H3,(H,25,28). The number of hydrogen-bond donors (Lipinski definition) is 1. The number of carbonyl (C=O) groups excluding carboxylic acids is 4. The van der Waals surface area contributed by atoms with Crippen molar-refractivity contribution in [3.05, 3.63) is 71.3 Å². The van der Waals surface area contributed by atoms with E-state index in [2.05, 4.69) is 5.32 Å². The molecule has 2 aromatic rings. The number of likely N-dealkylation sites (tertiary alicyclic amines) is 1. The molecule has 2 heterocycles. The Morgan fingerprint density at radius 3 is 2.03 bits per heavy atom. The Hall–Kier alpha value is -3.48. The third-order valence-electron chi connectivity index (χ3n) is 5.91. The molecular formula is C24H25N3O4. The van der Waals surface area contributed by atoms with Gasteiger partial charge < -0.3 is 10.2 Å². The predicted molar refractivity (Wildman–Crippen MR) is 114 cm³/mol. The fourth-order valence-electron chi connectivity index (χ4n) is 4.36. The molecule has 0 bridgehead atoms. The SMILES string of the molecule is CC(=O)NC1CCN(C(=O)C(Cc2ccccc2)N2C(=O)c3ccccc3C2=O)CC1. The van der Waals surface area contributed by atoms with Crippen LogP contribution in [0, 0.1) is 0 Å². The van der Waals surface area contributed by atoms with Crippen molar-refractivity contribution in [2.45, 2.75) is 38.3 Å². The summed E-state index contributed by atoms with van der Waals surface area (Å²) in [6.07, 6.45) is 1.55. The van der Waals surface area contributed by atoms with E-state index < -0.39 is 17.9 Å². The number of imide groups is 1. The molecule has 1 atom stereocenters. The maximum Gasteiger partial charge on any atom is 0.262 e. The van der Waals surface area contributed by atoms with Crippen molar-refractivity contribution in [3.63, 3.8) is 0 Å². The van der Waals surface area contributed by atoms with Gasteiger partial charge >= 0.3 is 0 Å². The van der Waals surface area contributed by atoms with Crippen LogP contribution in [0.15, 0.2) is 54.6 Å². The maximum atomic E-state index is 13.6. The average Bonchev–Trinajstić information content (AvgIpc) is 3.03. The van der Waals surface area contributed by atoms with Gasteiger partial charge in [-0.1, -0.05) is 42.5 Å². The van der Waals surface area contributed by atoms with Crippen LogP contribution in [0.1, 0.15) is 46.0 Å². The summed E-state index contributed by atoms with van der Waals surface area (Å²) in [5, 5.41) is 2.90. The maximum absolute atomic E-state index is 13.6. The molecule has 1 saturated heterocycles. The van der Waals surface area contributed by atoms with E-state index in [-0.39, 0.29) is 24.3 Å². The molecule has 1 N–H and O–H groups in total. The second-order valence-corrected chi connectivity index (χ2v) is 8.03. The fourth-order valence-corrected chi connectivity index (χ4v) is 4.36. The molecule has 2 aliphatic heterocycles. The summed E-state index contributed by atoms with van der Waals surface area (Å²) < 4.78 is 0. The van der Waals surface area contributed by atoms with Gasteiger partial charge in [-0.25, -0.2) is 0 Å². The van der Waals surface area contributed by atoms with Crippen LogP contribution in [0.2, 0.25) is 0 Å². The number of hydrogen-bond acceptors (Lipinski definition) is 4. The second kappa shape index (κ2) is 8.71. The third-order valence-corrected chi connectivity index (χ3v) is 5.91. The van der Waals surface area contributed by atoms with Gasteiger partial charge in [-0.05, 0) is 30.5 Å². The van der Waals surface area contributed by atoms with Crippen molar-refractivity contribution in [3.8, 4) is 0 Å². The predicted octanol–water partition coefficient (Wildman–Crippen LogP) is 2.02. The summed E-state index contributed by atoms with van der Waals surface area (Å²) in [6.45, 7) is 2.42. The lowest BCUT2D eigenvalue weighted by atomic mass is 10.00. The molecule has 0 radical (unpaired) electrons. The Morgan fingerprint density at radius 1 is 0.935 bits per heavy atom. The lowest BCUT2D eigenvalue weighted by Crippen LogP contribution is -2.55. The molecule has 31 heavy (non-hydrogen) atoms. The van der Waals surface area contributed by atoms with Crippen LogP contribution in [-0.4, -0.2) is 58.6 Å². The summed E-state index contributed by atoms with van der Waals surface area (Å²) in [4.78, 5) is 53.9. The third kappa shape index (κ3) is 4.21. The van der Waals surface area contributed by atoms with Crippen molar-refractivity contribution in [2.75, 3.05) is 13.1 Å². The molecule has 0 spiro atoms. The van der Waals surface area contributed by atoms with E-state index in [9.17, 15) is 19.2 Å². The first-order chi connectivity index (χ1) is 15.0. The van der Waals surface area contributed by atoms with Gasteiger partial charge in [0, 0.05) is 32.5 Å². The molecule has 160 valence electrons. The molecule has 2 aliphatic rings. The Kier molecular flexibility index (Phi) is 5.84. The van der Waals surface area contributed by atoms with E-state index in [1.807, 2.05) is 30.3 Å². The number of rotatable bonds is 5. The first-order valence-electron chi connectivity index (χ1n) is 10.5. The first-order valence-corrected chi connectivity index (χ1v) is 10.5. The van der Waals surface area contributed by atoms with Crippen LogP contribution in [-0.2, 0) is 16.0 Å². The summed E-state index contributed by atoms with van der Waals surface area (Å²) in [7, 11) is 0. The highest BCUT2D eigenvalue weighted by molar-refractivity contribution is 6.22. The zero-order chi connectivity index (χ0) is 22.0. The Balaban J connectivity index is 1.59. The molecule has 1 fully saturated rings. The summed E-state index contributed by atoms with van der Waals surface area (Å²) >= 11 is 0. The molecule has 0 saturated carbocycles. The monoisotopic (exact) mass is 419 g/mol. The lowest BCUT2D eigenvalue weighted by Gasteiger charge is -2.36. The van der Waals surface area contributed by atoms with Gasteiger partial charge in [0.2, 0.25) is 11.8 Å². The van der Waals surface area contributed by atoms with Crippen molar-refractivity contribution in [1.29, 1.82) is 0 Å². The largest absolute Gasteiger partial charge is 0.353 e. The van der Waals surface area contributed by atoms with E-state index in [0.29, 0.717) is 37.1 Å². The highest BCUT2D eigenvalue weighted by Crippen LogP contribution is 2.27. The Bertz CT molecular complexity index is 977. The van der Waals surface area contributed by atoms with Gasteiger partial charge in [0.05, 0.1) is 11.1 Å². The molecule has 4 rings (SSSR count). The highest BCUT2D eigenvalue weighted by Gasteiger charge is 2.44. The minimum atomic E-state index is -0.910. The number of benzene rings is 2. The Morgan fingerprint density at radius 2 is 1.48 bits per heavy atom. The topological polar surface area (TPSA) is 86.8 Å². The number of nitrogens with one attached hydrogen (secondary N) is 1.